The standard InChI is InChI=1S/C16H28N2/c1-6-18(7-2)12-14-10-8-9-11-15(14)17-13-16(3,4)5/h8-11,17H,6-7,12-13H2,1-5H3. The van der Waals surface area contributed by atoms with E-state index in [1.165, 1.54) is 11.3 Å². The second-order valence-corrected chi connectivity index (χ2v) is 6.03. The average Bonchev–Trinajstić information content (AvgIpc) is 2.33. The van der Waals surface area contributed by atoms with Crippen molar-refractivity contribution in [1.82, 2.24) is 4.90 Å². The zero-order chi connectivity index (χ0) is 13.6. The van der Waals surface area contributed by atoms with Gasteiger partial charge in [-0.25, -0.2) is 0 Å². The molecule has 2 nitrogen and oxygen atoms in total. The highest BCUT2D eigenvalue weighted by Gasteiger charge is 2.11. The number of para-hydroxylation sites is 1. The van der Waals surface area contributed by atoms with Gasteiger partial charge in [-0.2, -0.15) is 0 Å². The molecule has 0 aliphatic carbocycles. The predicted octanol–water partition coefficient (Wildman–Crippen LogP) is 3.99. The molecule has 2 heteroatoms. The Morgan fingerprint density at radius 3 is 2.22 bits per heavy atom. The number of rotatable bonds is 6. The molecule has 0 aromatic heterocycles. The molecule has 0 fully saturated rings. The van der Waals surface area contributed by atoms with Gasteiger partial charge in [-0.3, -0.25) is 4.90 Å². The molecule has 1 aromatic rings. The van der Waals surface area contributed by atoms with Crippen molar-refractivity contribution >= 4 is 5.69 Å². The molecule has 1 rings (SSSR count). The van der Waals surface area contributed by atoms with Crippen molar-refractivity contribution in [2.75, 3.05) is 25.0 Å². The minimum atomic E-state index is 0.308. The summed E-state index contributed by atoms with van der Waals surface area (Å²) in [6, 6.07) is 8.64. The average molecular weight is 248 g/mol. The van der Waals surface area contributed by atoms with Gasteiger partial charge in [0.05, 0.1) is 0 Å². The van der Waals surface area contributed by atoms with Crippen LogP contribution in [-0.2, 0) is 6.54 Å². The Morgan fingerprint density at radius 1 is 1.06 bits per heavy atom. The summed E-state index contributed by atoms with van der Waals surface area (Å²) in [4.78, 5) is 2.44. The van der Waals surface area contributed by atoms with Crippen LogP contribution in [0.2, 0.25) is 0 Å². The molecule has 0 aliphatic rings. The van der Waals surface area contributed by atoms with Crippen LogP contribution in [-0.4, -0.2) is 24.5 Å². The molecule has 0 bridgehead atoms. The number of anilines is 1. The normalized spacial score (nSPS) is 11.9. The fourth-order valence-electron chi connectivity index (χ4n) is 1.88. The van der Waals surface area contributed by atoms with E-state index in [4.69, 9.17) is 0 Å². The second-order valence-electron chi connectivity index (χ2n) is 6.03. The first-order valence-corrected chi connectivity index (χ1v) is 7.00. The molecule has 102 valence electrons. The summed E-state index contributed by atoms with van der Waals surface area (Å²) < 4.78 is 0. The van der Waals surface area contributed by atoms with Crippen molar-refractivity contribution in [3.05, 3.63) is 29.8 Å². The number of nitrogens with one attached hydrogen (secondary N) is 1. The van der Waals surface area contributed by atoms with Crippen LogP contribution in [0.4, 0.5) is 5.69 Å². The Kier molecular flexibility index (Phi) is 5.67. The van der Waals surface area contributed by atoms with Crippen molar-refractivity contribution in [2.24, 2.45) is 5.41 Å². The monoisotopic (exact) mass is 248 g/mol. The fourth-order valence-corrected chi connectivity index (χ4v) is 1.88. The van der Waals surface area contributed by atoms with Crippen LogP contribution in [0.15, 0.2) is 24.3 Å². The molecule has 0 unspecified atom stereocenters. The lowest BCUT2D eigenvalue weighted by molar-refractivity contribution is 0.296. The van der Waals surface area contributed by atoms with E-state index in [1.807, 2.05) is 0 Å². The summed E-state index contributed by atoms with van der Waals surface area (Å²) in [7, 11) is 0. The van der Waals surface area contributed by atoms with Crippen molar-refractivity contribution in [3.63, 3.8) is 0 Å². The van der Waals surface area contributed by atoms with Gasteiger partial charge >= 0.3 is 0 Å². The number of benzene rings is 1. The molecular weight excluding hydrogens is 220 g/mol. The van der Waals surface area contributed by atoms with Crippen LogP contribution in [0.1, 0.15) is 40.2 Å². The van der Waals surface area contributed by atoms with E-state index in [9.17, 15) is 0 Å². The summed E-state index contributed by atoms with van der Waals surface area (Å²) in [5, 5.41) is 3.58. The predicted molar refractivity (Wildman–Crippen MR) is 81.0 cm³/mol. The summed E-state index contributed by atoms with van der Waals surface area (Å²) in [6.45, 7) is 15.4. The van der Waals surface area contributed by atoms with E-state index in [1.54, 1.807) is 0 Å². The maximum atomic E-state index is 3.58. The maximum Gasteiger partial charge on any atom is 0.0386 e. The molecule has 0 saturated heterocycles. The van der Waals surface area contributed by atoms with E-state index in [0.717, 1.165) is 26.2 Å². The highest BCUT2D eigenvalue weighted by atomic mass is 15.1. The summed E-state index contributed by atoms with van der Waals surface area (Å²) in [5.74, 6) is 0. The molecule has 0 heterocycles. The lowest BCUT2D eigenvalue weighted by Crippen LogP contribution is -2.24. The molecule has 1 N–H and O–H groups in total. The molecule has 0 atom stereocenters. The Labute approximate surface area is 112 Å². The van der Waals surface area contributed by atoms with Crippen LogP contribution in [0.5, 0.6) is 0 Å². The van der Waals surface area contributed by atoms with Gasteiger partial charge in [0, 0.05) is 18.8 Å². The van der Waals surface area contributed by atoms with E-state index >= 15 is 0 Å². The highest BCUT2D eigenvalue weighted by molar-refractivity contribution is 5.51. The summed E-state index contributed by atoms with van der Waals surface area (Å²) in [5.41, 5.74) is 2.98. The minimum Gasteiger partial charge on any atom is -0.384 e. The van der Waals surface area contributed by atoms with Crippen molar-refractivity contribution < 1.29 is 0 Å². The Morgan fingerprint density at radius 2 is 1.67 bits per heavy atom. The van der Waals surface area contributed by atoms with E-state index < -0.39 is 0 Å². The van der Waals surface area contributed by atoms with Crippen LogP contribution >= 0.6 is 0 Å². The topological polar surface area (TPSA) is 15.3 Å². The molecule has 18 heavy (non-hydrogen) atoms. The van der Waals surface area contributed by atoms with Gasteiger partial charge in [0.15, 0.2) is 0 Å². The van der Waals surface area contributed by atoms with Crippen LogP contribution in [0.25, 0.3) is 0 Å². The summed E-state index contributed by atoms with van der Waals surface area (Å²) >= 11 is 0. The highest BCUT2D eigenvalue weighted by Crippen LogP contribution is 2.20. The number of hydrogen-bond acceptors (Lipinski definition) is 2. The third-order valence-electron chi connectivity index (χ3n) is 3.11. The Bertz CT molecular complexity index is 348. The maximum absolute atomic E-state index is 3.58. The number of nitrogens with zero attached hydrogens (tertiary/aromatic N) is 1. The Balaban J connectivity index is 2.73. The third kappa shape index (κ3) is 5.09. The Hall–Kier alpha value is -1.02. The zero-order valence-corrected chi connectivity index (χ0v) is 12.6. The molecule has 1 aromatic carbocycles. The van der Waals surface area contributed by atoms with Crippen LogP contribution in [0, 0.1) is 5.41 Å². The molecule has 0 spiro atoms. The van der Waals surface area contributed by atoms with Crippen molar-refractivity contribution in [1.29, 1.82) is 0 Å². The van der Waals surface area contributed by atoms with Crippen molar-refractivity contribution in [3.8, 4) is 0 Å². The number of hydrogen-bond donors (Lipinski definition) is 1. The van der Waals surface area contributed by atoms with E-state index in [-0.39, 0.29) is 0 Å². The largest absolute Gasteiger partial charge is 0.384 e. The third-order valence-corrected chi connectivity index (χ3v) is 3.11. The lowest BCUT2D eigenvalue weighted by Gasteiger charge is -2.23. The van der Waals surface area contributed by atoms with Gasteiger partial charge in [-0.1, -0.05) is 52.8 Å². The summed E-state index contributed by atoms with van der Waals surface area (Å²) in [6.07, 6.45) is 0. The van der Waals surface area contributed by atoms with Gasteiger partial charge in [-0.05, 0) is 30.1 Å². The molecular formula is C16H28N2. The van der Waals surface area contributed by atoms with E-state index in [0.29, 0.717) is 5.41 Å². The molecule has 0 amide bonds. The quantitative estimate of drug-likeness (QED) is 0.819. The van der Waals surface area contributed by atoms with Gasteiger partial charge in [0.1, 0.15) is 0 Å². The van der Waals surface area contributed by atoms with Crippen LogP contribution in [0.3, 0.4) is 0 Å². The molecule has 0 radical (unpaired) electrons. The van der Waals surface area contributed by atoms with Crippen LogP contribution < -0.4 is 5.32 Å². The first-order chi connectivity index (χ1) is 8.46. The molecule has 0 aliphatic heterocycles. The van der Waals surface area contributed by atoms with Gasteiger partial charge in [0.25, 0.3) is 0 Å². The minimum absolute atomic E-state index is 0.308. The smallest absolute Gasteiger partial charge is 0.0386 e. The lowest BCUT2D eigenvalue weighted by atomic mass is 9.96. The van der Waals surface area contributed by atoms with Gasteiger partial charge in [0.2, 0.25) is 0 Å². The van der Waals surface area contributed by atoms with Gasteiger partial charge in [-0.15, -0.1) is 0 Å². The van der Waals surface area contributed by atoms with Crippen molar-refractivity contribution in [2.45, 2.75) is 41.2 Å². The fraction of sp³-hybridized carbons (Fsp3) is 0.625. The SMILES string of the molecule is CCN(CC)Cc1ccccc1NCC(C)(C)C. The first kappa shape index (κ1) is 15.0. The van der Waals surface area contributed by atoms with E-state index in [2.05, 4.69) is 69.1 Å². The first-order valence-electron chi connectivity index (χ1n) is 7.00. The zero-order valence-electron chi connectivity index (χ0n) is 12.6. The second kappa shape index (κ2) is 6.79. The van der Waals surface area contributed by atoms with Gasteiger partial charge < -0.3 is 5.32 Å². The molecule has 0 saturated carbocycles.